The highest BCUT2D eigenvalue weighted by Gasteiger charge is 2.53. The van der Waals surface area contributed by atoms with E-state index in [4.69, 9.17) is 23.4 Å². The lowest BCUT2D eigenvalue weighted by molar-refractivity contribution is -0.257. The Kier molecular flexibility index (Phi) is 14.8. The van der Waals surface area contributed by atoms with Crippen molar-refractivity contribution >= 4 is 39.6 Å². The minimum absolute atomic E-state index is 0.149. The van der Waals surface area contributed by atoms with Crippen LogP contribution in [0.1, 0.15) is 43.0 Å². The Bertz CT molecular complexity index is 3030. The maximum Gasteiger partial charge on any atom is 0.268 e. The highest BCUT2D eigenvalue weighted by molar-refractivity contribution is 7.90. The van der Waals surface area contributed by atoms with Crippen LogP contribution in [0.25, 0.3) is 10.9 Å². The zero-order chi connectivity index (χ0) is 47.7. The quantitative estimate of drug-likeness (QED) is 0.0705. The van der Waals surface area contributed by atoms with Gasteiger partial charge in [-0.3, -0.25) is 0 Å². The number of hydrogen-bond donors (Lipinski definition) is 0. The van der Waals surface area contributed by atoms with Gasteiger partial charge in [0.15, 0.2) is 0 Å². The van der Waals surface area contributed by atoms with Crippen molar-refractivity contribution in [1.29, 1.82) is 0 Å². The molecule has 0 aliphatic carbocycles. The van der Waals surface area contributed by atoms with Crippen LogP contribution in [0.3, 0.4) is 0 Å². The molecule has 1 aliphatic heterocycles. The Morgan fingerprint density at radius 2 is 0.986 bits per heavy atom. The first-order valence-electron chi connectivity index (χ1n) is 23.4. The summed E-state index contributed by atoms with van der Waals surface area (Å²) in [7, 11) is -7.05. The van der Waals surface area contributed by atoms with E-state index in [-0.39, 0.29) is 36.4 Å². The third kappa shape index (κ3) is 10.6. The van der Waals surface area contributed by atoms with Crippen LogP contribution in [0.15, 0.2) is 217 Å². The predicted molar refractivity (Wildman–Crippen MR) is 275 cm³/mol. The van der Waals surface area contributed by atoms with Gasteiger partial charge in [-0.2, -0.15) is 0 Å². The van der Waals surface area contributed by atoms with Gasteiger partial charge in [-0.05, 0) is 50.3 Å². The number of rotatable bonds is 16. The minimum atomic E-state index is -3.96. The van der Waals surface area contributed by atoms with E-state index in [1.807, 2.05) is 121 Å². The Balaban J connectivity index is 1.18. The van der Waals surface area contributed by atoms with Crippen molar-refractivity contribution in [1.82, 2.24) is 3.97 Å². The van der Waals surface area contributed by atoms with Crippen molar-refractivity contribution in [2.75, 3.05) is 6.61 Å². The summed E-state index contributed by atoms with van der Waals surface area (Å²) >= 11 is 0. The first kappa shape index (κ1) is 47.7. The van der Waals surface area contributed by atoms with Crippen LogP contribution in [0.2, 0.25) is 5.04 Å². The zero-order valence-corrected chi connectivity index (χ0v) is 41.0. The van der Waals surface area contributed by atoms with Crippen molar-refractivity contribution in [3.8, 4) is 11.8 Å². The van der Waals surface area contributed by atoms with Crippen molar-refractivity contribution in [3.05, 3.63) is 235 Å². The van der Waals surface area contributed by atoms with Gasteiger partial charge in [0.25, 0.3) is 18.3 Å². The molecule has 7 aromatic carbocycles. The first-order valence-corrected chi connectivity index (χ1v) is 26.8. The number of nitrogens with zero attached hydrogens (tertiary/aromatic N) is 1. The van der Waals surface area contributed by atoms with E-state index in [1.54, 1.807) is 42.6 Å². The molecule has 0 N–H and O–H groups in total. The molecule has 1 saturated heterocycles. The van der Waals surface area contributed by atoms with Crippen molar-refractivity contribution in [2.45, 2.75) is 81.0 Å². The molecular weight excluding hydrogens is 895 g/mol. The summed E-state index contributed by atoms with van der Waals surface area (Å²) in [5.74, 6) is 6.88. The van der Waals surface area contributed by atoms with Gasteiger partial charge in [-0.1, -0.05) is 221 Å². The maximum atomic E-state index is 14.2. The van der Waals surface area contributed by atoms with E-state index >= 15 is 0 Å². The van der Waals surface area contributed by atoms with Gasteiger partial charge in [0.05, 0.1) is 42.4 Å². The molecule has 0 spiro atoms. The third-order valence-electron chi connectivity index (χ3n) is 12.7. The van der Waals surface area contributed by atoms with Crippen LogP contribution < -0.4 is 10.4 Å². The second-order valence-electron chi connectivity index (χ2n) is 18.3. The number of aromatic nitrogens is 1. The summed E-state index contributed by atoms with van der Waals surface area (Å²) in [5.41, 5.74) is 4.00. The molecule has 0 radical (unpaired) electrons. The lowest BCUT2D eigenvalue weighted by Crippen LogP contribution is -2.68. The highest BCUT2D eigenvalue weighted by Crippen LogP contribution is 2.39. The van der Waals surface area contributed by atoms with Gasteiger partial charge >= 0.3 is 0 Å². The average Bonchev–Trinajstić information content (AvgIpc) is 3.77. The second-order valence-corrected chi connectivity index (χ2v) is 24.4. The molecule has 5 atom stereocenters. The molecule has 0 unspecified atom stereocenters. The largest absolute Gasteiger partial charge is 0.405 e. The van der Waals surface area contributed by atoms with Gasteiger partial charge in [0.1, 0.15) is 30.5 Å². The van der Waals surface area contributed by atoms with Gasteiger partial charge in [0, 0.05) is 11.6 Å². The fourth-order valence-corrected chi connectivity index (χ4v) is 15.3. The summed E-state index contributed by atoms with van der Waals surface area (Å²) in [6.45, 7) is 7.73. The molecule has 1 aromatic heterocycles. The molecule has 9 rings (SSSR count). The molecule has 0 saturated carbocycles. The van der Waals surface area contributed by atoms with E-state index in [1.165, 1.54) is 3.97 Å². The molecule has 1 fully saturated rings. The number of benzene rings is 7. The zero-order valence-electron chi connectivity index (χ0n) is 39.1. The predicted octanol–water partition coefficient (Wildman–Crippen LogP) is 10.3. The number of hydrogen-bond acceptors (Lipinski definition) is 7. The van der Waals surface area contributed by atoms with Crippen LogP contribution in [0.4, 0.5) is 0 Å². The molecule has 1 aliphatic rings. The second kappa shape index (κ2) is 21.5. The van der Waals surface area contributed by atoms with E-state index in [9.17, 15) is 8.42 Å². The Morgan fingerprint density at radius 3 is 1.49 bits per heavy atom. The van der Waals surface area contributed by atoms with Crippen LogP contribution in [-0.2, 0) is 53.2 Å². The third-order valence-corrected chi connectivity index (χ3v) is 19.4. The maximum absolute atomic E-state index is 14.2. The molecule has 0 bridgehead atoms. The van der Waals surface area contributed by atoms with Crippen LogP contribution in [-0.4, -0.2) is 57.8 Å². The summed E-state index contributed by atoms with van der Waals surface area (Å²) < 4.78 is 65.7. The van der Waals surface area contributed by atoms with Gasteiger partial charge < -0.3 is 23.4 Å². The van der Waals surface area contributed by atoms with Gasteiger partial charge in [-0.25, -0.2) is 12.4 Å². The van der Waals surface area contributed by atoms with E-state index < -0.39 is 48.9 Å². The van der Waals surface area contributed by atoms with Crippen molar-refractivity contribution in [3.63, 3.8) is 0 Å². The van der Waals surface area contributed by atoms with Gasteiger partial charge in [0.2, 0.25) is 0 Å². The summed E-state index contributed by atoms with van der Waals surface area (Å²) in [6.07, 6.45) is -2.16. The van der Waals surface area contributed by atoms with E-state index in [0.717, 1.165) is 27.1 Å². The topological polar surface area (TPSA) is 85.2 Å². The number of fused-ring (bicyclic) bond motifs is 1. The lowest BCUT2D eigenvalue weighted by Gasteiger charge is -2.47. The van der Waals surface area contributed by atoms with Crippen LogP contribution in [0.5, 0.6) is 0 Å². The Morgan fingerprint density at radius 1 is 0.551 bits per heavy atom. The average molecular weight is 952 g/mol. The highest BCUT2D eigenvalue weighted by atomic mass is 32.2. The number of ether oxygens (including phenoxy) is 4. The molecule has 69 heavy (non-hydrogen) atoms. The molecule has 8 aromatic rings. The Labute approximate surface area is 407 Å². The molecule has 0 amide bonds. The monoisotopic (exact) mass is 951 g/mol. The summed E-state index contributed by atoms with van der Waals surface area (Å²) in [6, 6.07) is 67.1. The fraction of sp³-hybridized carbons (Fsp3) is 0.220. The minimum Gasteiger partial charge on any atom is -0.405 e. The summed E-state index contributed by atoms with van der Waals surface area (Å²) in [5, 5.41) is 2.65. The van der Waals surface area contributed by atoms with Crippen molar-refractivity contribution < 1.29 is 31.8 Å². The normalized spacial score (nSPS) is 18.6. The first-order chi connectivity index (χ1) is 33.6. The van der Waals surface area contributed by atoms with Gasteiger partial charge in [-0.15, -0.1) is 0 Å². The summed E-state index contributed by atoms with van der Waals surface area (Å²) in [4.78, 5) is 0.180. The van der Waals surface area contributed by atoms with Crippen LogP contribution in [0, 0.1) is 11.8 Å². The van der Waals surface area contributed by atoms with E-state index in [2.05, 4.69) is 81.1 Å². The number of para-hydroxylation sites is 1. The lowest BCUT2D eigenvalue weighted by atomic mass is 9.94. The van der Waals surface area contributed by atoms with E-state index in [0.29, 0.717) is 16.5 Å². The smallest absolute Gasteiger partial charge is 0.268 e. The Hall–Kier alpha value is -6.39. The van der Waals surface area contributed by atoms with Crippen LogP contribution >= 0.6 is 0 Å². The standard InChI is InChI=1S/C59H57NO7SSi/c1-59(2,3)69(50-32-18-8-19-33-50,51-34-20-9-21-35-51)66-44-55-57(64-42-46-26-12-5-13-27-46)58(65-43-47-28-14-6-15-29-47)56(63-41-45-24-10-4-11-25-45)54(67-55)39-38-48-40-60(53-37-23-22-36-52(48)53)68(61,62)49-30-16-7-17-31-49/h4-37,40,54-58H,41-44H2,1-3H3/t54-,55+,56-,57+,58+/m0/s1. The molecule has 2 heterocycles. The molecule has 8 nitrogen and oxygen atoms in total. The molecule has 10 heteroatoms. The van der Waals surface area contributed by atoms with Crippen molar-refractivity contribution in [2.24, 2.45) is 0 Å². The molecular formula is C59H57NO7SSi. The fourth-order valence-electron chi connectivity index (χ4n) is 9.31. The molecule has 350 valence electrons. The SMILES string of the molecule is CC(C)(C)[Si](OC[C@H]1O[C@@H](C#Cc2cn(S(=O)(=O)c3ccccc3)c3ccccc23)[C@H](OCc2ccccc2)[C@@H](OCc2ccccc2)[C@@H]1OCc1ccccc1)(c1ccccc1)c1ccccc1.